The molecule has 0 atom stereocenters. The lowest BCUT2D eigenvalue weighted by atomic mass is 10.1. The Morgan fingerprint density at radius 3 is 2.58 bits per heavy atom. The summed E-state index contributed by atoms with van der Waals surface area (Å²) in [6.45, 7) is 1.38. The number of rotatable bonds is 7. The highest BCUT2D eigenvalue weighted by Crippen LogP contribution is 2.14. The van der Waals surface area contributed by atoms with E-state index in [1.54, 1.807) is 18.1 Å². The minimum atomic E-state index is 0.0237. The van der Waals surface area contributed by atoms with Gasteiger partial charge in [0.2, 0.25) is 5.91 Å². The van der Waals surface area contributed by atoms with Crippen molar-refractivity contribution in [3.05, 3.63) is 66.0 Å². The second-order valence-electron chi connectivity index (χ2n) is 6.06. The molecule has 26 heavy (non-hydrogen) atoms. The molecule has 0 fully saturated rings. The SMILES string of the molecule is CN(Cc1cnc2ccccc2n1)C(=O)Cc1ccc(OCCN)cc1. The molecule has 0 aliphatic rings. The van der Waals surface area contributed by atoms with Gasteiger partial charge in [0.1, 0.15) is 12.4 Å². The summed E-state index contributed by atoms with van der Waals surface area (Å²) in [6.07, 6.45) is 2.05. The maximum atomic E-state index is 12.5. The number of nitrogens with two attached hydrogens (primary N) is 1. The van der Waals surface area contributed by atoms with E-state index in [0.717, 1.165) is 28.0 Å². The van der Waals surface area contributed by atoms with Gasteiger partial charge in [0.25, 0.3) is 0 Å². The molecule has 2 N–H and O–H groups in total. The van der Waals surface area contributed by atoms with Crippen molar-refractivity contribution in [2.45, 2.75) is 13.0 Å². The van der Waals surface area contributed by atoms with Gasteiger partial charge in [0.05, 0.1) is 35.9 Å². The van der Waals surface area contributed by atoms with Crippen LogP contribution in [0.15, 0.2) is 54.7 Å². The standard InChI is InChI=1S/C20H22N4O2/c1-24(14-16-13-22-18-4-2-3-5-19(18)23-16)20(25)12-15-6-8-17(9-7-15)26-11-10-21/h2-9,13H,10-12,14,21H2,1H3. The van der Waals surface area contributed by atoms with Gasteiger partial charge in [-0.2, -0.15) is 0 Å². The number of nitrogens with zero attached hydrogens (tertiary/aromatic N) is 3. The van der Waals surface area contributed by atoms with Crippen LogP contribution in [0.3, 0.4) is 0 Å². The summed E-state index contributed by atoms with van der Waals surface area (Å²) in [4.78, 5) is 23.1. The molecule has 3 aromatic rings. The molecule has 1 amide bonds. The summed E-state index contributed by atoms with van der Waals surface area (Å²) < 4.78 is 5.44. The lowest BCUT2D eigenvalue weighted by Crippen LogP contribution is -2.28. The third-order valence-electron chi connectivity index (χ3n) is 3.99. The van der Waals surface area contributed by atoms with E-state index in [0.29, 0.717) is 26.1 Å². The topological polar surface area (TPSA) is 81.3 Å². The Labute approximate surface area is 152 Å². The van der Waals surface area contributed by atoms with Gasteiger partial charge >= 0.3 is 0 Å². The Kier molecular flexibility index (Phi) is 5.76. The van der Waals surface area contributed by atoms with Crippen LogP contribution in [0.5, 0.6) is 5.75 Å². The van der Waals surface area contributed by atoms with Gasteiger partial charge in [0, 0.05) is 13.6 Å². The Bertz CT molecular complexity index is 880. The minimum absolute atomic E-state index is 0.0237. The molecule has 1 aromatic heterocycles. The number of fused-ring (bicyclic) bond motifs is 1. The fourth-order valence-corrected chi connectivity index (χ4v) is 2.59. The first kappa shape index (κ1) is 17.8. The zero-order chi connectivity index (χ0) is 18.4. The number of carbonyl (C=O) groups excluding carboxylic acids is 1. The van der Waals surface area contributed by atoms with E-state index in [9.17, 15) is 4.79 Å². The number of aromatic nitrogens is 2. The molecule has 0 unspecified atom stereocenters. The molecule has 0 aliphatic carbocycles. The first-order valence-corrected chi connectivity index (χ1v) is 8.52. The highest BCUT2D eigenvalue weighted by atomic mass is 16.5. The zero-order valence-corrected chi connectivity index (χ0v) is 14.8. The third-order valence-corrected chi connectivity index (χ3v) is 3.99. The summed E-state index contributed by atoms with van der Waals surface area (Å²) in [5, 5.41) is 0. The predicted octanol–water partition coefficient (Wildman–Crippen LogP) is 2.17. The van der Waals surface area contributed by atoms with Gasteiger partial charge in [0.15, 0.2) is 0 Å². The Morgan fingerprint density at radius 2 is 1.85 bits per heavy atom. The average molecular weight is 350 g/mol. The first-order chi connectivity index (χ1) is 12.7. The van der Waals surface area contributed by atoms with Crippen molar-refractivity contribution in [1.29, 1.82) is 0 Å². The van der Waals surface area contributed by atoms with Crippen LogP contribution in [0.4, 0.5) is 0 Å². The van der Waals surface area contributed by atoms with E-state index in [-0.39, 0.29) is 5.91 Å². The summed E-state index contributed by atoms with van der Waals surface area (Å²) >= 11 is 0. The van der Waals surface area contributed by atoms with Gasteiger partial charge in [-0.05, 0) is 29.8 Å². The minimum Gasteiger partial charge on any atom is -0.492 e. The van der Waals surface area contributed by atoms with Crippen molar-refractivity contribution < 1.29 is 9.53 Å². The summed E-state index contributed by atoms with van der Waals surface area (Å²) in [5.41, 5.74) is 8.80. The predicted molar refractivity (Wildman–Crippen MR) is 101 cm³/mol. The normalized spacial score (nSPS) is 10.7. The second-order valence-corrected chi connectivity index (χ2v) is 6.06. The zero-order valence-electron chi connectivity index (χ0n) is 14.8. The quantitative estimate of drug-likeness (QED) is 0.706. The van der Waals surface area contributed by atoms with Crippen molar-refractivity contribution in [3.8, 4) is 5.75 Å². The van der Waals surface area contributed by atoms with Crippen molar-refractivity contribution in [1.82, 2.24) is 14.9 Å². The Balaban J connectivity index is 1.59. The van der Waals surface area contributed by atoms with Gasteiger partial charge in [-0.25, -0.2) is 4.98 Å². The number of hydrogen-bond donors (Lipinski definition) is 1. The van der Waals surface area contributed by atoms with E-state index in [1.807, 2.05) is 48.5 Å². The van der Waals surface area contributed by atoms with E-state index >= 15 is 0 Å². The van der Waals surface area contributed by atoms with Gasteiger partial charge < -0.3 is 15.4 Å². The highest BCUT2D eigenvalue weighted by molar-refractivity contribution is 5.78. The molecular formula is C20H22N4O2. The molecule has 0 aliphatic heterocycles. The first-order valence-electron chi connectivity index (χ1n) is 8.52. The summed E-state index contributed by atoms with van der Waals surface area (Å²) in [6, 6.07) is 15.2. The van der Waals surface area contributed by atoms with E-state index in [4.69, 9.17) is 10.5 Å². The van der Waals surface area contributed by atoms with Crippen LogP contribution < -0.4 is 10.5 Å². The second kappa shape index (κ2) is 8.40. The van der Waals surface area contributed by atoms with Crippen LogP contribution in [0.1, 0.15) is 11.3 Å². The molecule has 0 saturated heterocycles. The molecule has 2 aromatic carbocycles. The lowest BCUT2D eigenvalue weighted by Gasteiger charge is -2.17. The summed E-state index contributed by atoms with van der Waals surface area (Å²) in [7, 11) is 1.78. The number of para-hydroxylation sites is 2. The number of benzene rings is 2. The number of amides is 1. The number of hydrogen-bond acceptors (Lipinski definition) is 5. The van der Waals surface area contributed by atoms with Crippen LogP contribution in [0.2, 0.25) is 0 Å². The van der Waals surface area contributed by atoms with Crippen molar-refractivity contribution in [2.75, 3.05) is 20.2 Å². The van der Waals surface area contributed by atoms with E-state index in [2.05, 4.69) is 9.97 Å². The molecule has 3 rings (SSSR count). The monoisotopic (exact) mass is 350 g/mol. The molecule has 0 bridgehead atoms. The van der Waals surface area contributed by atoms with Gasteiger partial charge in [-0.3, -0.25) is 9.78 Å². The number of ether oxygens (including phenoxy) is 1. The summed E-state index contributed by atoms with van der Waals surface area (Å²) in [5.74, 6) is 0.780. The maximum Gasteiger partial charge on any atom is 0.227 e. The molecular weight excluding hydrogens is 328 g/mol. The Morgan fingerprint density at radius 1 is 1.12 bits per heavy atom. The van der Waals surface area contributed by atoms with Crippen LogP contribution in [-0.2, 0) is 17.8 Å². The van der Waals surface area contributed by atoms with Crippen LogP contribution >= 0.6 is 0 Å². The molecule has 0 radical (unpaired) electrons. The molecule has 134 valence electrons. The molecule has 6 heteroatoms. The molecule has 0 spiro atoms. The van der Waals surface area contributed by atoms with Crippen LogP contribution in [-0.4, -0.2) is 41.0 Å². The van der Waals surface area contributed by atoms with Crippen molar-refractivity contribution in [3.63, 3.8) is 0 Å². The van der Waals surface area contributed by atoms with Gasteiger partial charge in [-0.15, -0.1) is 0 Å². The van der Waals surface area contributed by atoms with Crippen LogP contribution in [0, 0.1) is 0 Å². The van der Waals surface area contributed by atoms with Gasteiger partial charge in [-0.1, -0.05) is 24.3 Å². The third kappa shape index (κ3) is 4.55. The van der Waals surface area contributed by atoms with Crippen LogP contribution in [0.25, 0.3) is 11.0 Å². The van der Waals surface area contributed by atoms with Crippen molar-refractivity contribution >= 4 is 16.9 Å². The smallest absolute Gasteiger partial charge is 0.227 e. The largest absolute Gasteiger partial charge is 0.492 e. The fourth-order valence-electron chi connectivity index (χ4n) is 2.59. The molecule has 6 nitrogen and oxygen atoms in total. The molecule has 0 saturated carbocycles. The number of likely N-dealkylation sites (N-methyl/N-ethyl adjacent to an activating group) is 1. The van der Waals surface area contributed by atoms with Crippen molar-refractivity contribution in [2.24, 2.45) is 5.73 Å². The molecule has 1 heterocycles. The van der Waals surface area contributed by atoms with E-state index in [1.165, 1.54) is 0 Å². The van der Waals surface area contributed by atoms with E-state index < -0.39 is 0 Å². The lowest BCUT2D eigenvalue weighted by molar-refractivity contribution is -0.129. The average Bonchev–Trinajstić information content (AvgIpc) is 2.67. The highest BCUT2D eigenvalue weighted by Gasteiger charge is 2.12. The number of carbonyl (C=O) groups is 1. The fraction of sp³-hybridized carbons (Fsp3) is 0.250. The Hall–Kier alpha value is -2.99. The maximum absolute atomic E-state index is 12.5.